The highest BCUT2D eigenvalue weighted by Crippen LogP contribution is 2.25. The molecular weight excluding hydrogens is 271 g/mol. The molecule has 1 saturated heterocycles. The molecule has 4 nitrogen and oxygen atoms in total. The van der Waals surface area contributed by atoms with Crippen molar-refractivity contribution in [3.63, 3.8) is 0 Å². The van der Waals surface area contributed by atoms with Gasteiger partial charge in [-0.1, -0.05) is 13.8 Å². The van der Waals surface area contributed by atoms with Gasteiger partial charge in [-0.2, -0.15) is 0 Å². The average Bonchev–Trinajstić information content (AvgIpc) is 2.81. The van der Waals surface area contributed by atoms with E-state index in [1.165, 1.54) is 12.1 Å². The second-order valence-corrected chi connectivity index (χ2v) is 5.78. The molecule has 1 aromatic carbocycles. The standard InChI is InChI=1S/C16H21FN2O2/c1-11(2)7-9-18-15(20)14-8-10-19(16(14)21)13-5-3-12(17)4-6-13/h3-6,11,14H,7-10H2,1-2H3,(H,18,20)/t14-/m0/s1. The van der Waals surface area contributed by atoms with Crippen LogP contribution in [0.5, 0.6) is 0 Å². The van der Waals surface area contributed by atoms with Crippen molar-refractivity contribution in [2.75, 3.05) is 18.0 Å². The number of amides is 2. The quantitative estimate of drug-likeness (QED) is 0.847. The lowest BCUT2D eigenvalue weighted by atomic mass is 10.1. The Morgan fingerprint density at radius 1 is 1.38 bits per heavy atom. The zero-order chi connectivity index (χ0) is 15.4. The van der Waals surface area contributed by atoms with E-state index in [1.807, 2.05) is 0 Å². The molecule has 1 atom stereocenters. The molecular formula is C16H21FN2O2. The molecule has 1 fully saturated rings. The van der Waals surface area contributed by atoms with Crippen molar-refractivity contribution in [1.82, 2.24) is 5.32 Å². The summed E-state index contributed by atoms with van der Waals surface area (Å²) in [6.07, 6.45) is 1.40. The zero-order valence-electron chi connectivity index (χ0n) is 12.4. The number of hydrogen-bond acceptors (Lipinski definition) is 2. The van der Waals surface area contributed by atoms with Crippen molar-refractivity contribution < 1.29 is 14.0 Å². The van der Waals surface area contributed by atoms with Gasteiger partial charge < -0.3 is 10.2 Å². The second kappa shape index (κ2) is 6.70. The SMILES string of the molecule is CC(C)CCNC(=O)[C@@H]1CCN(c2ccc(F)cc2)C1=O. The fourth-order valence-corrected chi connectivity index (χ4v) is 2.41. The lowest BCUT2D eigenvalue weighted by Gasteiger charge is -2.16. The normalized spacial score (nSPS) is 18.4. The van der Waals surface area contributed by atoms with Gasteiger partial charge >= 0.3 is 0 Å². The molecule has 0 aliphatic carbocycles. The Kier molecular flexibility index (Phi) is 4.94. The number of halogens is 1. The van der Waals surface area contributed by atoms with E-state index in [4.69, 9.17) is 0 Å². The molecule has 2 amide bonds. The Labute approximate surface area is 124 Å². The molecule has 21 heavy (non-hydrogen) atoms. The Morgan fingerprint density at radius 3 is 2.67 bits per heavy atom. The molecule has 1 N–H and O–H groups in total. The minimum atomic E-state index is -0.623. The number of nitrogens with one attached hydrogen (secondary N) is 1. The number of rotatable bonds is 5. The minimum Gasteiger partial charge on any atom is -0.355 e. The largest absolute Gasteiger partial charge is 0.355 e. The summed E-state index contributed by atoms with van der Waals surface area (Å²) >= 11 is 0. The first-order chi connectivity index (χ1) is 9.99. The highest BCUT2D eigenvalue weighted by molar-refractivity contribution is 6.09. The van der Waals surface area contributed by atoms with Crippen LogP contribution in [0.2, 0.25) is 0 Å². The van der Waals surface area contributed by atoms with Crippen LogP contribution in [0.25, 0.3) is 0 Å². The fourth-order valence-electron chi connectivity index (χ4n) is 2.41. The van der Waals surface area contributed by atoms with Crippen molar-refractivity contribution in [3.05, 3.63) is 30.1 Å². The maximum absolute atomic E-state index is 12.9. The van der Waals surface area contributed by atoms with Crippen molar-refractivity contribution in [2.45, 2.75) is 26.7 Å². The summed E-state index contributed by atoms with van der Waals surface area (Å²) in [5.41, 5.74) is 0.638. The second-order valence-electron chi connectivity index (χ2n) is 5.78. The Morgan fingerprint density at radius 2 is 2.05 bits per heavy atom. The molecule has 0 bridgehead atoms. The van der Waals surface area contributed by atoms with Gasteiger partial charge in [-0.05, 0) is 43.0 Å². The molecule has 0 saturated carbocycles. The average molecular weight is 292 g/mol. The molecule has 2 rings (SSSR count). The molecule has 1 heterocycles. The van der Waals surface area contributed by atoms with Gasteiger partial charge in [0.15, 0.2) is 0 Å². The summed E-state index contributed by atoms with van der Waals surface area (Å²) < 4.78 is 12.9. The van der Waals surface area contributed by atoms with E-state index in [0.717, 1.165) is 6.42 Å². The highest BCUT2D eigenvalue weighted by Gasteiger charge is 2.37. The number of hydrogen-bond donors (Lipinski definition) is 1. The van der Waals surface area contributed by atoms with Gasteiger partial charge in [0.25, 0.3) is 0 Å². The van der Waals surface area contributed by atoms with E-state index in [0.29, 0.717) is 31.1 Å². The Balaban J connectivity index is 1.94. The number of nitrogens with zero attached hydrogens (tertiary/aromatic N) is 1. The fraction of sp³-hybridized carbons (Fsp3) is 0.500. The number of carbonyl (C=O) groups excluding carboxylic acids is 2. The summed E-state index contributed by atoms with van der Waals surface area (Å²) in [6, 6.07) is 5.76. The topological polar surface area (TPSA) is 49.4 Å². The third-order valence-electron chi connectivity index (χ3n) is 3.68. The van der Waals surface area contributed by atoms with Crippen molar-refractivity contribution in [1.29, 1.82) is 0 Å². The van der Waals surface area contributed by atoms with Crippen LogP contribution in [0.15, 0.2) is 24.3 Å². The van der Waals surface area contributed by atoms with E-state index in [1.54, 1.807) is 17.0 Å². The van der Waals surface area contributed by atoms with E-state index < -0.39 is 5.92 Å². The van der Waals surface area contributed by atoms with Crippen LogP contribution in [0.1, 0.15) is 26.7 Å². The maximum atomic E-state index is 12.9. The van der Waals surface area contributed by atoms with E-state index in [9.17, 15) is 14.0 Å². The van der Waals surface area contributed by atoms with Gasteiger partial charge in [0.1, 0.15) is 11.7 Å². The van der Waals surface area contributed by atoms with E-state index in [-0.39, 0.29) is 17.6 Å². The van der Waals surface area contributed by atoms with Gasteiger partial charge in [-0.15, -0.1) is 0 Å². The summed E-state index contributed by atoms with van der Waals surface area (Å²) in [4.78, 5) is 25.9. The summed E-state index contributed by atoms with van der Waals surface area (Å²) in [5, 5.41) is 2.82. The predicted octanol–water partition coefficient (Wildman–Crippen LogP) is 2.34. The first-order valence-electron chi connectivity index (χ1n) is 7.33. The summed E-state index contributed by atoms with van der Waals surface area (Å²) in [7, 11) is 0. The minimum absolute atomic E-state index is 0.203. The molecule has 0 spiro atoms. The molecule has 5 heteroatoms. The van der Waals surface area contributed by atoms with Crippen LogP contribution in [0, 0.1) is 17.7 Å². The third-order valence-corrected chi connectivity index (χ3v) is 3.68. The van der Waals surface area contributed by atoms with E-state index >= 15 is 0 Å². The summed E-state index contributed by atoms with van der Waals surface area (Å²) in [6.45, 7) is 5.26. The number of anilines is 1. The van der Waals surface area contributed by atoms with Crippen LogP contribution in [0.4, 0.5) is 10.1 Å². The van der Waals surface area contributed by atoms with Crippen LogP contribution in [0.3, 0.4) is 0 Å². The Hall–Kier alpha value is -1.91. The Bertz CT molecular complexity index is 514. The first kappa shape index (κ1) is 15.5. The van der Waals surface area contributed by atoms with Crippen LogP contribution in [-0.4, -0.2) is 24.9 Å². The number of carbonyl (C=O) groups is 2. The maximum Gasteiger partial charge on any atom is 0.239 e. The van der Waals surface area contributed by atoms with Gasteiger partial charge in [0, 0.05) is 18.8 Å². The number of benzene rings is 1. The smallest absolute Gasteiger partial charge is 0.239 e. The van der Waals surface area contributed by atoms with Gasteiger partial charge in [0.2, 0.25) is 11.8 Å². The predicted molar refractivity (Wildman–Crippen MR) is 79.3 cm³/mol. The molecule has 1 aromatic rings. The van der Waals surface area contributed by atoms with E-state index in [2.05, 4.69) is 19.2 Å². The van der Waals surface area contributed by atoms with Crippen LogP contribution in [-0.2, 0) is 9.59 Å². The zero-order valence-corrected chi connectivity index (χ0v) is 12.4. The molecule has 0 radical (unpaired) electrons. The lowest BCUT2D eigenvalue weighted by Crippen LogP contribution is -2.37. The first-order valence-corrected chi connectivity index (χ1v) is 7.33. The van der Waals surface area contributed by atoms with Crippen LogP contribution < -0.4 is 10.2 Å². The van der Waals surface area contributed by atoms with Crippen molar-refractivity contribution in [3.8, 4) is 0 Å². The molecule has 0 aromatic heterocycles. The molecule has 0 unspecified atom stereocenters. The van der Waals surface area contributed by atoms with Gasteiger partial charge in [0.05, 0.1) is 0 Å². The monoisotopic (exact) mass is 292 g/mol. The molecule has 1 aliphatic heterocycles. The van der Waals surface area contributed by atoms with Gasteiger partial charge in [-0.25, -0.2) is 4.39 Å². The summed E-state index contributed by atoms with van der Waals surface area (Å²) in [5.74, 6) is -0.857. The van der Waals surface area contributed by atoms with Gasteiger partial charge in [-0.3, -0.25) is 9.59 Å². The van der Waals surface area contributed by atoms with Crippen molar-refractivity contribution >= 4 is 17.5 Å². The lowest BCUT2D eigenvalue weighted by molar-refractivity contribution is -0.132. The highest BCUT2D eigenvalue weighted by atomic mass is 19.1. The third kappa shape index (κ3) is 3.80. The van der Waals surface area contributed by atoms with Crippen LogP contribution >= 0.6 is 0 Å². The van der Waals surface area contributed by atoms with Crippen molar-refractivity contribution in [2.24, 2.45) is 11.8 Å². The molecule has 1 aliphatic rings. The molecule has 114 valence electrons.